The van der Waals surface area contributed by atoms with Crippen molar-refractivity contribution in [3.8, 4) is 0 Å². The van der Waals surface area contributed by atoms with E-state index in [2.05, 4.69) is 71.7 Å². The van der Waals surface area contributed by atoms with Crippen LogP contribution in [0.25, 0.3) is 21.8 Å². The summed E-state index contributed by atoms with van der Waals surface area (Å²) in [6.45, 7) is 2.43. The number of para-hydroxylation sites is 2. The molecule has 3 heterocycles. The second-order valence-corrected chi connectivity index (χ2v) is 29.3. The van der Waals surface area contributed by atoms with Gasteiger partial charge in [0, 0.05) is 53.5 Å². The number of aromatic nitrogens is 2. The van der Waals surface area contributed by atoms with E-state index in [1.165, 1.54) is 6.20 Å². The van der Waals surface area contributed by atoms with E-state index in [0.29, 0.717) is 46.1 Å². The Morgan fingerprint density at radius 1 is 0.492 bits per heavy atom. The molecule has 2 aromatic heterocycles. The zero-order chi connectivity index (χ0) is 89.0. The van der Waals surface area contributed by atoms with Crippen LogP contribution in [-0.2, 0) is 113 Å². The van der Waals surface area contributed by atoms with Crippen molar-refractivity contribution in [3.05, 3.63) is 72.1 Å². The summed E-state index contributed by atoms with van der Waals surface area (Å²) in [5.41, 5.74) is 18.6. The molecule has 44 heteroatoms. The van der Waals surface area contributed by atoms with Crippen molar-refractivity contribution in [2.75, 3.05) is 26.2 Å². The number of ether oxygens (including phenoxy) is 1. The molecule has 15 amide bonds. The Hall–Kier alpha value is -13.2. The maximum absolute atomic E-state index is 15.1. The van der Waals surface area contributed by atoms with Gasteiger partial charge in [-0.25, -0.2) is 4.79 Å². The molecule has 0 bridgehead atoms. The van der Waals surface area contributed by atoms with Gasteiger partial charge in [-0.1, -0.05) is 95.7 Å². The predicted molar refractivity (Wildman–Crippen MR) is 420 cm³/mol. The number of nitrogens with one attached hydrogen (secondary N) is 15. The number of carbonyl (C=O) groups excluding carboxylic acids is 16. The van der Waals surface area contributed by atoms with Crippen molar-refractivity contribution < 1.29 is 126 Å². The van der Waals surface area contributed by atoms with E-state index < -0.39 is 268 Å². The summed E-state index contributed by atoms with van der Waals surface area (Å²) in [5, 5.41) is 79.8. The molecule has 26 N–H and O–H groups in total. The molecular formula is C76H106N18O26. The fourth-order valence-corrected chi connectivity index (χ4v) is 12.8. The number of esters is 1. The summed E-state index contributed by atoms with van der Waals surface area (Å²) in [6.07, 6.45) is -1.49. The summed E-state index contributed by atoms with van der Waals surface area (Å²) < 4.78 is 5.85. The van der Waals surface area contributed by atoms with Gasteiger partial charge in [-0.05, 0) is 67.8 Å². The molecule has 0 saturated carbocycles. The van der Waals surface area contributed by atoms with Gasteiger partial charge in [-0.2, -0.15) is 0 Å². The smallest absolute Gasteiger partial charge is 0.329 e. The van der Waals surface area contributed by atoms with Gasteiger partial charge in [-0.15, -0.1) is 0 Å². The van der Waals surface area contributed by atoms with Gasteiger partial charge in [0.25, 0.3) is 0 Å². The second-order valence-electron chi connectivity index (χ2n) is 29.3. The molecule has 120 heavy (non-hydrogen) atoms. The Labute approximate surface area is 686 Å². The van der Waals surface area contributed by atoms with Crippen LogP contribution in [0.5, 0.6) is 0 Å². The lowest BCUT2D eigenvalue weighted by Gasteiger charge is -2.30. The molecule has 656 valence electrons. The molecule has 13 atom stereocenters. The normalized spacial score (nSPS) is 20.9. The van der Waals surface area contributed by atoms with Gasteiger partial charge in [0.15, 0.2) is 0 Å². The number of carboxylic acid groups (broad SMARTS) is 4. The van der Waals surface area contributed by atoms with E-state index in [1.807, 2.05) is 21.3 Å². The third-order valence-electron chi connectivity index (χ3n) is 19.0. The Kier molecular flexibility index (Phi) is 39.4. The first-order valence-corrected chi connectivity index (χ1v) is 38.7. The average molecular weight is 1690 g/mol. The van der Waals surface area contributed by atoms with Crippen LogP contribution >= 0.6 is 0 Å². The van der Waals surface area contributed by atoms with Gasteiger partial charge < -0.3 is 127 Å². The van der Waals surface area contributed by atoms with Crippen LogP contribution in [0.3, 0.4) is 0 Å². The van der Waals surface area contributed by atoms with Crippen LogP contribution in [0.2, 0.25) is 0 Å². The number of cyclic esters (lactones) is 1. The van der Waals surface area contributed by atoms with Gasteiger partial charge in [0.05, 0.1) is 58.2 Å². The zero-order valence-corrected chi connectivity index (χ0v) is 66.5. The third kappa shape index (κ3) is 32.7. The number of hydrogen-bond donors (Lipinski definition) is 23. The highest BCUT2D eigenvalue weighted by atomic mass is 16.5. The number of nitrogens with two attached hydrogens (primary N) is 3. The molecule has 44 nitrogen and oxygen atoms in total. The number of aliphatic hydroxyl groups excluding tert-OH is 1. The number of carbonyl (C=O) groups is 20. The first kappa shape index (κ1) is 97.4. The minimum absolute atomic E-state index is 0.0147. The highest BCUT2D eigenvalue weighted by Gasteiger charge is 2.41. The third-order valence-corrected chi connectivity index (χ3v) is 19.0. The quantitative estimate of drug-likeness (QED) is 0.0148. The van der Waals surface area contributed by atoms with Crippen LogP contribution in [0, 0.1) is 11.8 Å². The fraction of sp³-hybridized carbons (Fsp3) is 0.526. The van der Waals surface area contributed by atoms with Gasteiger partial charge in [0.1, 0.15) is 72.6 Å². The zero-order valence-electron chi connectivity index (χ0n) is 66.5. The minimum atomic E-state index is -2.39. The number of unbranched alkanes of at least 4 members (excludes halogenated alkanes) is 5. The van der Waals surface area contributed by atoms with Crippen molar-refractivity contribution in [1.29, 1.82) is 0 Å². The number of aromatic amines is 2. The molecule has 0 aliphatic carbocycles. The van der Waals surface area contributed by atoms with E-state index in [0.717, 1.165) is 46.0 Å². The fourth-order valence-electron chi connectivity index (χ4n) is 12.8. The summed E-state index contributed by atoms with van der Waals surface area (Å²) in [6, 6.07) is -9.51. The Bertz CT molecular complexity index is 4370. The standard InChI is InChI=1S/C76H106N18O26/c1-37(2)16-9-7-5-6-8-10-22-57(98)85-47(25-40-32-80-44-19-13-11-17-42(40)44)68(111)87-49(28-56(79)97)70(113)91-52(31-63(107)108)72(115)94-65-39(4)120-76(119)53(26-41-33-81-45-20-14-12-18-43(41)45)92-75(118)64(38(3)24-60(101)102)93-73(116)54(36-95)86-59(100)34-82-66(109)50(29-61(103)104)89-69(112)48(27-55(78)96)88-71(114)51(30-62(105)106)90-67(110)46(21-15-23-77)84-58(99)35-83-74(65)117/h11-14,17-20,32-33,37-39,46-54,64-65,80-81,95H,5-10,15-16,21-31,34-36,77H2,1-4H3,(H2,78,96)(H2,79,97)(H,82,109)(H,83,117)(H,84,99)(H,85,98)(H,86,100)(H,87,111)(H,88,114)(H,89,112)(H,90,110)(H,91,113)(H,92,118)(H,93,116)(H,94,115)(H,101,102)(H,103,104)(H,105,106)(H,107,108). The molecule has 0 spiro atoms. The number of benzene rings is 2. The number of aliphatic carboxylic acids is 4. The van der Waals surface area contributed by atoms with Crippen molar-refractivity contribution in [3.63, 3.8) is 0 Å². The molecule has 1 aliphatic heterocycles. The maximum Gasteiger partial charge on any atom is 0.329 e. The number of fused-ring (bicyclic) bond motifs is 2. The Morgan fingerprint density at radius 2 is 0.975 bits per heavy atom. The van der Waals surface area contributed by atoms with Crippen molar-refractivity contribution in [2.24, 2.45) is 29.0 Å². The molecule has 1 aliphatic rings. The van der Waals surface area contributed by atoms with Gasteiger partial charge in [0.2, 0.25) is 88.6 Å². The minimum Gasteiger partial charge on any atom is -0.481 e. The van der Waals surface area contributed by atoms with Crippen LogP contribution in [-0.4, -0.2) is 253 Å². The molecule has 5 rings (SSSR count). The first-order valence-electron chi connectivity index (χ1n) is 38.7. The van der Waals surface area contributed by atoms with Gasteiger partial charge >= 0.3 is 29.8 Å². The van der Waals surface area contributed by atoms with E-state index in [4.69, 9.17) is 21.9 Å². The van der Waals surface area contributed by atoms with Crippen LogP contribution in [0.15, 0.2) is 60.9 Å². The van der Waals surface area contributed by atoms with Crippen LogP contribution in [0.4, 0.5) is 0 Å². The summed E-state index contributed by atoms with van der Waals surface area (Å²) >= 11 is 0. The second kappa shape index (κ2) is 48.5. The number of H-pyrrole nitrogens is 2. The number of carboxylic acids is 4. The Morgan fingerprint density at radius 3 is 1.52 bits per heavy atom. The van der Waals surface area contributed by atoms with E-state index in [9.17, 15) is 117 Å². The largest absolute Gasteiger partial charge is 0.481 e. The van der Waals surface area contributed by atoms with Crippen molar-refractivity contribution in [1.82, 2.24) is 79.1 Å². The highest BCUT2D eigenvalue weighted by molar-refractivity contribution is 6.03. The predicted octanol–water partition coefficient (Wildman–Crippen LogP) is -5.26. The van der Waals surface area contributed by atoms with Gasteiger partial charge in [-0.3, -0.25) is 91.1 Å². The lowest BCUT2D eigenvalue weighted by atomic mass is 9.96. The lowest BCUT2D eigenvalue weighted by molar-refractivity contribution is -0.156. The number of hydrogen-bond acceptors (Lipinski definition) is 23. The summed E-state index contributed by atoms with van der Waals surface area (Å²) in [7, 11) is 0. The van der Waals surface area contributed by atoms with E-state index in [-0.39, 0.29) is 31.4 Å². The Balaban J connectivity index is 1.60. The topological polar surface area (TPSA) is 718 Å². The monoisotopic (exact) mass is 1690 g/mol. The number of rotatable bonds is 37. The number of aliphatic hydroxyl groups is 1. The van der Waals surface area contributed by atoms with E-state index >= 15 is 4.79 Å². The van der Waals surface area contributed by atoms with Crippen LogP contribution in [0.1, 0.15) is 142 Å². The number of primary amides is 2. The summed E-state index contributed by atoms with van der Waals surface area (Å²) in [5.74, 6) is -29.5. The van der Waals surface area contributed by atoms with Crippen LogP contribution < -0.4 is 86.3 Å². The summed E-state index contributed by atoms with van der Waals surface area (Å²) in [4.78, 5) is 280. The van der Waals surface area contributed by atoms with E-state index in [1.54, 1.807) is 54.7 Å². The van der Waals surface area contributed by atoms with Crippen molar-refractivity contribution >= 4 is 140 Å². The molecule has 1 saturated heterocycles. The SMILES string of the molecule is CC(C)CCCCCCCCC(=O)NC(Cc1c[nH]c2ccccc12)C(=O)NC(CC(N)=O)C(=O)NC(CC(=O)O)C(=O)NC1C(=O)NCC(=O)NC(CCCN)C(=O)NC(CC(=O)O)C(=O)NC(CC(N)=O)C(=O)NC(CC(=O)O)C(=O)NCC(=O)NC(CO)C(=O)NC(C(C)CC(=O)O)C(=O)NC(Cc2c[nH]c3ccccc23)C(=O)OC1C. The lowest BCUT2D eigenvalue weighted by Crippen LogP contribution is -2.62. The molecule has 4 aromatic rings. The maximum atomic E-state index is 15.1. The molecule has 13 unspecified atom stereocenters. The molecular weight excluding hydrogens is 1580 g/mol. The molecule has 2 aromatic carbocycles. The molecule has 0 radical (unpaired) electrons. The van der Waals surface area contributed by atoms with Crippen molar-refractivity contribution in [2.45, 2.75) is 216 Å². The molecule has 1 fully saturated rings. The first-order chi connectivity index (χ1) is 56.8. The highest BCUT2D eigenvalue weighted by Crippen LogP contribution is 2.23. The average Bonchev–Trinajstić information content (AvgIpc) is 1.72. The number of amides is 15.